The fourth-order valence-corrected chi connectivity index (χ4v) is 1.43. The second-order valence-electron chi connectivity index (χ2n) is 3.45. The maximum atomic E-state index is 10.1. The molecule has 0 bridgehead atoms. The summed E-state index contributed by atoms with van der Waals surface area (Å²) in [5, 5.41) is 10.1. The lowest BCUT2D eigenvalue weighted by Crippen LogP contribution is -2.29. The highest BCUT2D eigenvalue weighted by atomic mass is 16.6. The van der Waals surface area contributed by atoms with Crippen molar-refractivity contribution in [2.24, 2.45) is 11.7 Å². The Labute approximate surface area is 82.5 Å². The van der Waals surface area contributed by atoms with Gasteiger partial charge in [-0.3, -0.25) is 10.1 Å². The van der Waals surface area contributed by atoms with Gasteiger partial charge < -0.3 is 15.4 Å². The number of hydrogen-bond donors (Lipinski definition) is 1. The van der Waals surface area contributed by atoms with Gasteiger partial charge in [-0.1, -0.05) is 0 Å². The zero-order valence-electron chi connectivity index (χ0n) is 8.18. The Morgan fingerprint density at radius 2 is 2.57 bits per heavy atom. The van der Waals surface area contributed by atoms with E-state index < -0.39 is 4.92 Å². The average molecular weight is 201 g/mol. The van der Waals surface area contributed by atoms with Gasteiger partial charge in [0.25, 0.3) is 6.20 Å². The van der Waals surface area contributed by atoms with E-state index in [9.17, 15) is 10.1 Å². The topological polar surface area (TPSA) is 81.6 Å². The van der Waals surface area contributed by atoms with E-state index in [-0.39, 0.29) is 5.82 Å². The van der Waals surface area contributed by atoms with Crippen LogP contribution in [0.15, 0.2) is 12.0 Å². The summed E-state index contributed by atoms with van der Waals surface area (Å²) in [6.07, 6.45) is 1.81. The Hall–Kier alpha value is -1.30. The Morgan fingerprint density at radius 3 is 3.07 bits per heavy atom. The molecule has 1 rings (SSSR count). The summed E-state index contributed by atoms with van der Waals surface area (Å²) in [7, 11) is 1.74. The first-order valence-corrected chi connectivity index (χ1v) is 4.49. The smallest absolute Gasteiger partial charge is 0.274 e. The van der Waals surface area contributed by atoms with Gasteiger partial charge in [-0.15, -0.1) is 0 Å². The molecule has 6 nitrogen and oxygen atoms in total. The number of nitrogens with two attached hydrogens (primary N) is 1. The Bertz CT molecular complexity index is 236. The molecule has 1 unspecified atom stereocenters. The van der Waals surface area contributed by atoms with Crippen LogP contribution in [0.4, 0.5) is 0 Å². The van der Waals surface area contributed by atoms with E-state index in [4.69, 9.17) is 10.5 Å². The lowest BCUT2D eigenvalue weighted by atomic mass is 10.1. The Balaban J connectivity index is 2.39. The van der Waals surface area contributed by atoms with Crippen molar-refractivity contribution < 1.29 is 9.66 Å². The molecule has 0 aromatic carbocycles. The van der Waals surface area contributed by atoms with Crippen molar-refractivity contribution in [2.45, 2.75) is 6.42 Å². The fraction of sp³-hybridized carbons (Fsp3) is 0.750. The summed E-state index contributed by atoms with van der Waals surface area (Å²) in [5.74, 6) is 0.612. The minimum absolute atomic E-state index is 0.182. The quantitative estimate of drug-likeness (QED) is 0.511. The monoisotopic (exact) mass is 201 g/mol. The summed E-state index contributed by atoms with van der Waals surface area (Å²) in [4.78, 5) is 11.3. The summed E-state index contributed by atoms with van der Waals surface area (Å²) >= 11 is 0. The van der Waals surface area contributed by atoms with Crippen LogP contribution in [0.25, 0.3) is 0 Å². The van der Waals surface area contributed by atoms with E-state index >= 15 is 0 Å². The van der Waals surface area contributed by atoms with Crippen molar-refractivity contribution >= 4 is 0 Å². The predicted molar refractivity (Wildman–Crippen MR) is 50.8 cm³/mol. The maximum absolute atomic E-state index is 10.1. The molecule has 1 atom stereocenters. The molecule has 0 aliphatic carbocycles. The molecule has 1 aliphatic rings. The molecule has 0 aromatic rings. The highest BCUT2D eigenvalue weighted by Gasteiger charge is 2.18. The van der Waals surface area contributed by atoms with Gasteiger partial charge in [0.05, 0.1) is 11.5 Å². The summed E-state index contributed by atoms with van der Waals surface area (Å²) < 4.78 is 5.20. The zero-order valence-corrected chi connectivity index (χ0v) is 8.18. The Morgan fingerprint density at radius 1 is 1.86 bits per heavy atom. The number of nitro groups is 1. The molecule has 0 spiro atoms. The van der Waals surface area contributed by atoms with Gasteiger partial charge in [-0.25, -0.2) is 0 Å². The first-order valence-electron chi connectivity index (χ1n) is 4.49. The van der Waals surface area contributed by atoms with Crippen LogP contribution in [0.3, 0.4) is 0 Å². The largest absolute Gasteiger partial charge is 0.381 e. The number of ether oxygens (including phenoxy) is 1. The van der Waals surface area contributed by atoms with Gasteiger partial charge in [0.2, 0.25) is 0 Å². The summed E-state index contributed by atoms with van der Waals surface area (Å²) in [6, 6.07) is 0. The number of nitrogens with zero attached hydrogens (tertiary/aromatic N) is 2. The molecule has 0 radical (unpaired) electrons. The third kappa shape index (κ3) is 3.21. The molecule has 2 N–H and O–H groups in total. The first-order chi connectivity index (χ1) is 6.59. The first kappa shape index (κ1) is 10.8. The van der Waals surface area contributed by atoms with Gasteiger partial charge in [0, 0.05) is 26.1 Å². The zero-order chi connectivity index (χ0) is 10.6. The summed E-state index contributed by atoms with van der Waals surface area (Å²) in [5.41, 5.74) is 5.50. The molecule has 1 heterocycles. The molecular weight excluding hydrogens is 186 g/mol. The van der Waals surface area contributed by atoms with Crippen molar-refractivity contribution in [1.82, 2.24) is 4.90 Å². The third-order valence-corrected chi connectivity index (χ3v) is 2.23. The molecule has 0 saturated carbocycles. The number of hydrogen-bond acceptors (Lipinski definition) is 5. The van der Waals surface area contributed by atoms with E-state index in [0.29, 0.717) is 12.5 Å². The van der Waals surface area contributed by atoms with Crippen LogP contribution >= 0.6 is 0 Å². The molecule has 0 aromatic heterocycles. The normalized spacial score (nSPS) is 22.4. The standard InChI is InChI=1S/C8H15N3O3/c1-10(8(9)5-11(12)13)4-7-2-3-14-6-7/h5,7H,2-4,6,9H2,1H3. The predicted octanol–water partition coefficient (Wildman–Crippen LogP) is -0.0110. The van der Waals surface area contributed by atoms with E-state index in [1.54, 1.807) is 11.9 Å². The second kappa shape index (κ2) is 4.80. The van der Waals surface area contributed by atoms with Gasteiger partial charge in [0.1, 0.15) is 0 Å². The minimum Gasteiger partial charge on any atom is -0.381 e. The molecule has 1 saturated heterocycles. The lowest BCUT2D eigenvalue weighted by molar-refractivity contribution is -0.404. The second-order valence-corrected chi connectivity index (χ2v) is 3.45. The lowest BCUT2D eigenvalue weighted by Gasteiger charge is -2.20. The summed E-state index contributed by atoms with van der Waals surface area (Å²) in [6.45, 7) is 2.20. The van der Waals surface area contributed by atoms with Crippen LogP contribution < -0.4 is 5.73 Å². The van der Waals surface area contributed by atoms with Crippen LogP contribution in [-0.2, 0) is 4.74 Å². The molecule has 6 heteroatoms. The van der Waals surface area contributed by atoms with Crippen molar-refractivity contribution in [1.29, 1.82) is 0 Å². The van der Waals surface area contributed by atoms with Crippen molar-refractivity contribution in [2.75, 3.05) is 26.8 Å². The molecule has 1 aliphatic heterocycles. The van der Waals surface area contributed by atoms with Gasteiger partial charge in [-0.05, 0) is 6.42 Å². The SMILES string of the molecule is CN(CC1CCOC1)C(N)=C[N+](=O)[O-]. The van der Waals surface area contributed by atoms with Crippen molar-refractivity contribution in [3.8, 4) is 0 Å². The molecule has 0 amide bonds. The van der Waals surface area contributed by atoms with Gasteiger partial charge in [-0.2, -0.15) is 0 Å². The van der Waals surface area contributed by atoms with Crippen molar-refractivity contribution in [3.63, 3.8) is 0 Å². The van der Waals surface area contributed by atoms with E-state index in [1.807, 2.05) is 0 Å². The maximum Gasteiger partial charge on any atom is 0.274 e. The van der Waals surface area contributed by atoms with Crippen LogP contribution in [0.1, 0.15) is 6.42 Å². The van der Waals surface area contributed by atoms with Gasteiger partial charge >= 0.3 is 0 Å². The van der Waals surface area contributed by atoms with E-state index in [1.165, 1.54) is 0 Å². The third-order valence-electron chi connectivity index (χ3n) is 2.23. The van der Waals surface area contributed by atoms with E-state index in [0.717, 1.165) is 25.8 Å². The number of rotatable bonds is 4. The van der Waals surface area contributed by atoms with Gasteiger partial charge in [0.15, 0.2) is 5.82 Å². The molecular formula is C8H15N3O3. The molecule has 80 valence electrons. The Kier molecular flexibility index (Phi) is 3.70. The van der Waals surface area contributed by atoms with Crippen LogP contribution in [0.2, 0.25) is 0 Å². The highest BCUT2D eigenvalue weighted by molar-refractivity contribution is 4.90. The van der Waals surface area contributed by atoms with Crippen LogP contribution in [0.5, 0.6) is 0 Å². The minimum atomic E-state index is -0.545. The fourth-order valence-electron chi connectivity index (χ4n) is 1.43. The molecule has 1 fully saturated rings. The van der Waals surface area contributed by atoms with Crippen molar-refractivity contribution in [3.05, 3.63) is 22.1 Å². The van der Waals surface area contributed by atoms with E-state index in [2.05, 4.69) is 0 Å². The van der Waals surface area contributed by atoms with Crippen LogP contribution in [-0.4, -0.2) is 36.6 Å². The molecule has 14 heavy (non-hydrogen) atoms. The highest BCUT2D eigenvalue weighted by Crippen LogP contribution is 2.14. The van der Waals surface area contributed by atoms with Crippen LogP contribution in [0, 0.1) is 16.0 Å². The average Bonchev–Trinajstić information content (AvgIpc) is 2.55.